The van der Waals surface area contributed by atoms with E-state index in [0.29, 0.717) is 13.2 Å². The van der Waals surface area contributed by atoms with E-state index >= 15 is 0 Å². The minimum absolute atomic E-state index is 0.00234. The van der Waals surface area contributed by atoms with Crippen molar-refractivity contribution in [3.8, 4) is 0 Å². The lowest BCUT2D eigenvalue weighted by Crippen LogP contribution is -2.44. The Hall–Kier alpha value is -0.610. The number of hydrogen-bond donors (Lipinski definition) is 2. The Labute approximate surface area is 110 Å². The lowest BCUT2D eigenvalue weighted by molar-refractivity contribution is -0.125. The number of carbonyl (C=O) groups excluding carboxylic acids is 1. The van der Waals surface area contributed by atoms with E-state index in [0.717, 1.165) is 31.8 Å². The van der Waals surface area contributed by atoms with Gasteiger partial charge in [0.05, 0.1) is 19.1 Å². The summed E-state index contributed by atoms with van der Waals surface area (Å²) in [6, 6.07) is 0.202. The minimum atomic E-state index is -0.00234. The van der Waals surface area contributed by atoms with Crippen molar-refractivity contribution in [1.82, 2.24) is 10.6 Å². The average molecular weight is 254 g/mol. The molecule has 1 amide bonds. The highest BCUT2D eigenvalue weighted by Gasteiger charge is 2.33. The van der Waals surface area contributed by atoms with Crippen LogP contribution in [-0.4, -0.2) is 38.3 Å². The van der Waals surface area contributed by atoms with Crippen molar-refractivity contribution in [3.05, 3.63) is 0 Å². The fraction of sp³-hybridized carbons (Fsp3) is 0.929. The van der Waals surface area contributed by atoms with Crippen LogP contribution < -0.4 is 10.6 Å². The highest BCUT2D eigenvalue weighted by atomic mass is 16.5. The zero-order valence-electron chi connectivity index (χ0n) is 11.4. The maximum absolute atomic E-state index is 12.0. The number of carbonyl (C=O) groups is 1. The molecule has 1 aliphatic heterocycles. The molecule has 4 heteroatoms. The Kier molecular flexibility index (Phi) is 5.45. The third-order valence-corrected chi connectivity index (χ3v) is 3.86. The summed E-state index contributed by atoms with van der Waals surface area (Å²) in [4.78, 5) is 12.0. The molecule has 2 rings (SSSR count). The van der Waals surface area contributed by atoms with Gasteiger partial charge in [0.2, 0.25) is 5.91 Å². The van der Waals surface area contributed by atoms with Gasteiger partial charge in [0.15, 0.2) is 0 Å². The average Bonchev–Trinajstić information content (AvgIpc) is 3.08. The lowest BCUT2D eigenvalue weighted by Gasteiger charge is -2.18. The molecule has 2 unspecified atom stereocenters. The van der Waals surface area contributed by atoms with Gasteiger partial charge in [0.25, 0.3) is 0 Å². The largest absolute Gasteiger partial charge is 0.379 e. The molecule has 104 valence electrons. The van der Waals surface area contributed by atoms with Gasteiger partial charge in [-0.15, -0.1) is 0 Å². The molecule has 1 heterocycles. The van der Waals surface area contributed by atoms with Gasteiger partial charge in [-0.3, -0.25) is 4.79 Å². The van der Waals surface area contributed by atoms with Crippen LogP contribution in [0.3, 0.4) is 0 Å². The Bertz CT molecular complexity index is 267. The van der Waals surface area contributed by atoms with E-state index in [1.165, 1.54) is 19.3 Å². The Morgan fingerprint density at radius 1 is 1.28 bits per heavy atom. The van der Waals surface area contributed by atoms with Gasteiger partial charge in [-0.1, -0.05) is 19.8 Å². The van der Waals surface area contributed by atoms with Crippen LogP contribution in [0, 0.1) is 11.8 Å². The van der Waals surface area contributed by atoms with Crippen LogP contribution in [0.15, 0.2) is 0 Å². The maximum atomic E-state index is 12.0. The Balaban J connectivity index is 1.62. The van der Waals surface area contributed by atoms with Gasteiger partial charge in [0.1, 0.15) is 0 Å². The van der Waals surface area contributed by atoms with Crippen molar-refractivity contribution >= 4 is 5.91 Å². The second-order valence-corrected chi connectivity index (χ2v) is 5.58. The summed E-state index contributed by atoms with van der Waals surface area (Å²) >= 11 is 0. The third-order valence-electron chi connectivity index (χ3n) is 3.86. The van der Waals surface area contributed by atoms with E-state index in [4.69, 9.17) is 4.74 Å². The Morgan fingerprint density at radius 2 is 2.11 bits per heavy atom. The van der Waals surface area contributed by atoms with Gasteiger partial charge in [-0.05, 0) is 31.7 Å². The molecule has 1 aliphatic carbocycles. The van der Waals surface area contributed by atoms with Crippen LogP contribution in [0.1, 0.15) is 39.0 Å². The summed E-state index contributed by atoms with van der Waals surface area (Å²) in [5, 5.41) is 6.45. The topological polar surface area (TPSA) is 50.4 Å². The van der Waals surface area contributed by atoms with Crippen molar-refractivity contribution < 1.29 is 9.53 Å². The highest BCUT2D eigenvalue weighted by molar-refractivity contribution is 5.79. The van der Waals surface area contributed by atoms with Gasteiger partial charge in [-0.2, -0.15) is 0 Å². The van der Waals surface area contributed by atoms with Gasteiger partial charge in [-0.25, -0.2) is 0 Å². The summed E-state index contributed by atoms with van der Waals surface area (Å²) in [7, 11) is 0. The molecular weight excluding hydrogens is 228 g/mol. The van der Waals surface area contributed by atoms with Crippen molar-refractivity contribution in [2.45, 2.75) is 45.1 Å². The number of nitrogens with one attached hydrogen (secondary N) is 2. The summed E-state index contributed by atoms with van der Waals surface area (Å²) in [5.74, 6) is 1.12. The van der Waals surface area contributed by atoms with Crippen molar-refractivity contribution in [2.24, 2.45) is 11.8 Å². The standard InChI is InChI=1S/C14H26N2O2/c1-2-7-15-13-10-18-9-12(13)14(17)16-8-3-4-11-5-6-11/h11-13,15H,2-10H2,1H3,(H,16,17). The molecule has 0 aromatic rings. The van der Waals surface area contributed by atoms with Crippen LogP contribution in [-0.2, 0) is 9.53 Å². The van der Waals surface area contributed by atoms with Crippen molar-refractivity contribution in [2.75, 3.05) is 26.3 Å². The van der Waals surface area contributed by atoms with Crippen LogP contribution in [0.2, 0.25) is 0 Å². The molecule has 2 atom stereocenters. The van der Waals surface area contributed by atoms with Gasteiger partial charge in [0, 0.05) is 12.6 Å². The van der Waals surface area contributed by atoms with E-state index in [-0.39, 0.29) is 17.9 Å². The number of amides is 1. The predicted octanol–water partition coefficient (Wildman–Crippen LogP) is 1.31. The van der Waals surface area contributed by atoms with Gasteiger partial charge >= 0.3 is 0 Å². The molecule has 0 aromatic carbocycles. The first-order chi connectivity index (χ1) is 8.81. The summed E-state index contributed by atoms with van der Waals surface area (Å²) in [6.45, 7) is 5.15. The molecule has 1 saturated carbocycles. The third kappa shape index (κ3) is 4.25. The molecule has 2 fully saturated rings. The first-order valence-electron chi connectivity index (χ1n) is 7.40. The van der Waals surface area contributed by atoms with Crippen molar-refractivity contribution in [1.29, 1.82) is 0 Å². The zero-order chi connectivity index (χ0) is 12.8. The van der Waals surface area contributed by atoms with Crippen LogP contribution in [0.5, 0.6) is 0 Å². The van der Waals surface area contributed by atoms with Crippen molar-refractivity contribution in [3.63, 3.8) is 0 Å². The van der Waals surface area contributed by atoms with E-state index in [2.05, 4.69) is 17.6 Å². The first kappa shape index (κ1) is 13.8. The molecule has 1 saturated heterocycles. The molecule has 0 radical (unpaired) electrons. The van der Waals surface area contributed by atoms with E-state index in [9.17, 15) is 4.79 Å². The molecule has 4 nitrogen and oxygen atoms in total. The second-order valence-electron chi connectivity index (χ2n) is 5.58. The quantitative estimate of drug-likeness (QED) is 0.642. The van der Waals surface area contributed by atoms with Crippen LogP contribution in [0.25, 0.3) is 0 Å². The van der Waals surface area contributed by atoms with Crippen LogP contribution in [0.4, 0.5) is 0 Å². The lowest BCUT2D eigenvalue weighted by atomic mass is 10.0. The summed E-state index contributed by atoms with van der Waals surface area (Å²) in [5.41, 5.74) is 0. The van der Waals surface area contributed by atoms with E-state index < -0.39 is 0 Å². The van der Waals surface area contributed by atoms with Crippen LogP contribution >= 0.6 is 0 Å². The zero-order valence-corrected chi connectivity index (χ0v) is 11.4. The normalized spacial score (nSPS) is 27.4. The van der Waals surface area contributed by atoms with E-state index in [1.807, 2.05) is 0 Å². The summed E-state index contributed by atoms with van der Waals surface area (Å²) < 4.78 is 5.42. The van der Waals surface area contributed by atoms with E-state index in [1.54, 1.807) is 0 Å². The molecule has 2 N–H and O–H groups in total. The molecule has 0 bridgehead atoms. The second kappa shape index (κ2) is 7.10. The molecule has 2 aliphatic rings. The fourth-order valence-electron chi connectivity index (χ4n) is 2.48. The monoisotopic (exact) mass is 254 g/mol. The first-order valence-corrected chi connectivity index (χ1v) is 7.40. The SMILES string of the molecule is CCCNC1COCC1C(=O)NCCCC1CC1. The molecule has 0 spiro atoms. The predicted molar refractivity (Wildman–Crippen MR) is 71.4 cm³/mol. The smallest absolute Gasteiger partial charge is 0.227 e. The fourth-order valence-corrected chi connectivity index (χ4v) is 2.48. The number of rotatable bonds is 8. The molecule has 0 aromatic heterocycles. The number of hydrogen-bond acceptors (Lipinski definition) is 3. The number of ether oxygens (including phenoxy) is 1. The summed E-state index contributed by atoms with van der Waals surface area (Å²) in [6.07, 6.45) is 6.28. The maximum Gasteiger partial charge on any atom is 0.227 e. The van der Waals surface area contributed by atoms with Gasteiger partial charge < -0.3 is 15.4 Å². The highest BCUT2D eigenvalue weighted by Crippen LogP contribution is 2.33. The Morgan fingerprint density at radius 3 is 2.83 bits per heavy atom. The molecule has 18 heavy (non-hydrogen) atoms. The molecular formula is C14H26N2O2. The minimum Gasteiger partial charge on any atom is -0.379 e.